The molecule has 0 unspecified atom stereocenters. The van der Waals surface area contributed by atoms with Gasteiger partial charge in [-0.25, -0.2) is 5.01 Å². The van der Waals surface area contributed by atoms with Crippen LogP contribution < -0.4 is 0 Å². The molecule has 3 amide bonds. The largest absolute Gasteiger partial charge is 0.292 e. The Balaban J connectivity index is 1.93. The van der Waals surface area contributed by atoms with Crippen molar-refractivity contribution in [3.63, 3.8) is 0 Å². The van der Waals surface area contributed by atoms with Crippen molar-refractivity contribution in [2.45, 2.75) is 19.3 Å². The summed E-state index contributed by atoms with van der Waals surface area (Å²) in [5.41, 5.74) is 0.591. The highest BCUT2D eigenvalue weighted by Crippen LogP contribution is 2.20. The summed E-state index contributed by atoms with van der Waals surface area (Å²) in [5.74, 6) is -2.00. The van der Waals surface area contributed by atoms with Gasteiger partial charge in [-0.1, -0.05) is 39.7 Å². The van der Waals surface area contributed by atoms with E-state index in [2.05, 4.69) is 15.9 Å². The van der Waals surface area contributed by atoms with E-state index in [0.29, 0.717) is 17.0 Å². The maximum absolute atomic E-state index is 13.0. The summed E-state index contributed by atoms with van der Waals surface area (Å²) in [6, 6.07) is 12.7. The first-order chi connectivity index (χ1) is 13.4. The topological polar surface area (TPSA) is 74.8 Å². The molecule has 1 aliphatic rings. The van der Waals surface area contributed by atoms with Crippen molar-refractivity contribution >= 4 is 51.0 Å². The molecule has 6 nitrogen and oxygen atoms in total. The third kappa shape index (κ3) is 4.48. The fourth-order valence-corrected chi connectivity index (χ4v) is 3.24. The summed E-state index contributed by atoms with van der Waals surface area (Å²) >= 11 is 9.17. The average Bonchev–Trinajstić information content (AvgIpc) is 2.67. The number of carbonyl (C=O) groups excluding carboxylic acids is 4. The van der Waals surface area contributed by atoms with E-state index in [9.17, 15) is 19.2 Å². The predicted molar refractivity (Wildman–Crippen MR) is 107 cm³/mol. The monoisotopic (exact) mass is 462 g/mol. The minimum absolute atomic E-state index is 0.141. The Hall–Kier alpha value is -2.51. The Bertz CT molecular complexity index is 912. The first kappa shape index (κ1) is 20.2. The number of amides is 3. The van der Waals surface area contributed by atoms with Crippen LogP contribution in [0.1, 0.15) is 40.0 Å². The minimum atomic E-state index is -0.620. The van der Waals surface area contributed by atoms with E-state index in [1.807, 2.05) is 0 Å². The molecule has 1 saturated heterocycles. The normalized spacial score (nSPS) is 14.1. The summed E-state index contributed by atoms with van der Waals surface area (Å²) in [6.07, 6.45) is 0.711. The Morgan fingerprint density at radius 1 is 0.929 bits per heavy atom. The molecule has 28 heavy (non-hydrogen) atoms. The number of ketones is 1. The summed E-state index contributed by atoms with van der Waals surface area (Å²) in [4.78, 5) is 50.5. The molecule has 0 radical (unpaired) electrons. The van der Waals surface area contributed by atoms with Gasteiger partial charge in [0.05, 0.1) is 0 Å². The predicted octanol–water partition coefficient (Wildman–Crippen LogP) is 3.88. The smallest absolute Gasteiger partial charge is 0.273 e. The lowest BCUT2D eigenvalue weighted by Gasteiger charge is -2.35. The van der Waals surface area contributed by atoms with E-state index >= 15 is 0 Å². The Morgan fingerprint density at radius 2 is 1.46 bits per heavy atom. The van der Waals surface area contributed by atoms with E-state index < -0.39 is 24.3 Å². The number of hydrazine groups is 1. The van der Waals surface area contributed by atoms with Crippen molar-refractivity contribution in [3.8, 4) is 0 Å². The van der Waals surface area contributed by atoms with Crippen molar-refractivity contribution in [3.05, 3.63) is 69.2 Å². The van der Waals surface area contributed by atoms with Crippen molar-refractivity contribution in [1.29, 1.82) is 0 Å². The van der Waals surface area contributed by atoms with Gasteiger partial charge in [0.25, 0.3) is 5.91 Å². The van der Waals surface area contributed by atoms with Gasteiger partial charge in [0.15, 0.2) is 5.78 Å². The fourth-order valence-electron chi connectivity index (χ4n) is 2.85. The molecule has 1 aliphatic heterocycles. The lowest BCUT2D eigenvalue weighted by atomic mass is 10.1. The Morgan fingerprint density at radius 3 is 2.04 bits per heavy atom. The van der Waals surface area contributed by atoms with Crippen LogP contribution in [0.3, 0.4) is 0 Å². The molecular weight excluding hydrogens is 448 g/mol. The third-order valence-electron chi connectivity index (χ3n) is 4.28. The molecule has 0 bridgehead atoms. The van der Waals surface area contributed by atoms with E-state index in [1.54, 1.807) is 24.3 Å². The first-order valence-electron chi connectivity index (χ1n) is 8.58. The number of piperidine rings is 1. The molecule has 1 fully saturated rings. The highest BCUT2D eigenvalue weighted by atomic mass is 79.9. The average molecular weight is 464 g/mol. The number of benzene rings is 2. The molecule has 2 aromatic carbocycles. The number of nitrogens with zero attached hydrogens (tertiary/aromatic N) is 2. The molecular formula is C20H16BrClN2O4. The van der Waals surface area contributed by atoms with Gasteiger partial charge in [0, 0.05) is 33.5 Å². The van der Waals surface area contributed by atoms with Crippen LogP contribution >= 0.6 is 27.5 Å². The number of halogens is 2. The van der Waals surface area contributed by atoms with Gasteiger partial charge in [-0.05, 0) is 42.8 Å². The second-order valence-corrected chi connectivity index (χ2v) is 7.60. The zero-order chi connectivity index (χ0) is 20.3. The second kappa shape index (κ2) is 8.67. The van der Waals surface area contributed by atoms with Gasteiger partial charge in [0.2, 0.25) is 11.8 Å². The van der Waals surface area contributed by atoms with E-state index in [1.165, 1.54) is 24.3 Å². The van der Waals surface area contributed by atoms with Crippen LogP contribution in [0.2, 0.25) is 5.02 Å². The molecule has 2 aromatic rings. The van der Waals surface area contributed by atoms with Crippen LogP contribution in [0.5, 0.6) is 0 Å². The van der Waals surface area contributed by atoms with Crippen molar-refractivity contribution in [1.82, 2.24) is 10.0 Å². The lowest BCUT2D eigenvalue weighted by molar-refractivity contribution is -0.162. The maximum atomic E-state index is 13.0. The maximum Gasteiger partial charge on any atom is 0.273 e. The highest BCUT2D eigenvalue weighted by Gasteiger charge is 2.36. The molecule has 0 saturated carbocycles. The van der Waals surface area contributed by atoms with Crippen molar-refractivity contribution < 1.29 is 19.2 Å². The summed E-state index contributed by atoms with van der Waals surface area (Å²) in [7, 11) is 0. The number of imide groups is 1. The standard InChI is InChI=1S/C20H16BrClN2O4/c21-15-8-4-13(5-9-15)17(25)12-23(24-18(26)2-1-3-19(24)27)20(28)14-6-10-16(22)11-7-14/h4-11H,1-3,12H2. The molecule has 144 valence electrons. The molecule has 0 aliphatic carbocycles. The number of hydrogen-bond acceptors (Lipinski definition) is 4. The van der Waals surface area contributed by atoms with Gasteiger partial charge in [-0.2, -0.15) is 5.01 Å². The Labute approximate surface area is 175 Å². The molecule has 1 heterocycles. The van der Waals surface area contributed by atoms with E-state index in [-0.39, 0.29) is 24.2 Å². The van der Waals surface area contributed by atoms with Crippen LogP contribution in [-0.2, 0) is 9.59 Å². The van der Waals surface area contributed by atoms with Crippen LogP contribution in [0.25, 0.3) is 0 Å². The van der Waals surface area contributed by atoms with Crippen LogP contribution in [0, 0.1) is 0 Å². The zero-order valence-electron chi connectivity index (χ0n) is 14.7. The minimum Gasteiger partial charge on any atom is -0.292 e. The van der Waals surface area contributed by atoms with Crippen LogP contribution in [0.4, 0.5) is 0 Å². The molecule has 3 rings (SSSR count). The highest BCUT2D eigenvalue weighted by molar-refractivity contribution is 9.10. The lowest BCUT2D eigenvalue weighted by Crippen LogP contribution is -2.56. The quantitative estimate of drug-likeness (QED) is 0.498. The molecule has 8 heteroatoms. The Kier molecular flexibility index (Phi) is 6.26. The molecule has 0 aromatic heterocycles. The van der Waals surface area contributed by atoms with E-state index in [4.69, 9.17) is 11.6 Å². The number of rotatable bonds is 5. The summed E-state index contributed by atoms with van der Waals surface area (Å²) < 4.78 is 0.805. The van der Waals surface area contributed by atoms with Gasteiger partial charge >= 0.3 is 0 Å². The van der Waals surface area contributed by atoms with Crippen LogP contribution in [0.15, 0.2) is 53.0 Å². The van der Waals surface area contributed by atoms with Crippen LogP contribution in [-0.4, -0.2) is 40.1 Å². The molecule has 0 N–H and O–H groups in total. The van der Waals surface area contributed by atoms with Gasteiger partial charge in [0.1, 0.15) is 6.54 Å². The number of hydrogen-bond donors (Lipinski definition) is 0. The van der Waals surface area contributed by atoms with Crippen molar-refractivity contribution in [2.75, 3.05) is 6.54 Å². The van der Waals surface area contributed by atoms with Gasteiger partial charge in [-0.15, -0.1) is 0 Å². The van der Waals surface area contributed by atoms with Gasteiger partial charge in [-0.3, -0.25) is 19.2 Å². The fraction of sp³-hybridized carbons (Fsp3) is 0.200. The number of Topliss-reactive ketones (excluding diaryl/α,β-unsaturated/α-hetero) is 1. The summed E-state index contributed by atoms with van der Waals surface area (Å²) in [5, 5.41) is 2.17. The summed E-state index contributed by atoms with van der Waals surface area (Å²) in [6.45, 7) is -0.430. The van der Waals surface area contributed by atoms with Gasteiger partial charge < -0.3 is 0 Å². The zero-order valence-corrected chi connectivity index (χ0v) is 17.1. The SMILES string of the molecule is O=C(CN(C(=O)c1ccc(Cl)cc1)N1C(=O)CCCC1=O)c1ccc(Br)cc1. The number of carbonyl (C=O) groups is 4. The molecule has 0 spiro atoms. The van der Waals surface area contributed by atoms with Crippen molar-refractivity contribution in [2.24, 2.45) is 0 Å². The third-order valence-corrected chi connectivity index (χ3v) is 5.06. The second-order valence-electron chi connectivity index (χ2n) is 6.25. The molecule has 0 atom stereocenters. The first-order valence-corrected chi connectivity index (χ1v) is 9.76. The van der Waals surface area contributed by atoms with E-state index in [0.717, 1.165) is 14.5 Å².